The van der Waals surface area contributed by atoms with Gasteiger partial charge in [0.2, 0.25) is 0 Å². The van der Waals surface area contributed by atoms with Gasteiger partial charge in [-0.3, -0.25) is 4.98 Å². The second kappa shape index (κ2) is 5.46. The summed E-state index contributed by atoms with van der Waals surface area (Å²) in [5.74, 6) is 0.827. The lowest BCUT2D eigenvalue weighted by molar-refractivity contribution is 0.297. The van der Waals surface area contributed by atoms with Crippen LogP contribution < -0.4 is 10.5 Å². The maximum Gasteiger partial charge on any atom is 0.130 e. The van der Waals surface area contributed by atoms with Gasteiger partial charge in [0.25, 0.3) is 0 Å². The molecular weight excluding hydrogens is 212 g/mol. The molecule has 0 unspecified atom stereocenters. The van der Waals surface area contributed by atoms with Gasteiger partial charge < -0.3 is 10.5 Å². The van der Waals surface area contributed by atoms with Crippen LogP contribution in [0.5, 0.6) is 5.75 Å². The molecule has 0 radical (unpaired) electrons. The Morgan fingerprint density at radius 3 is 2.65 bits per heavy atom. The third-order valence-electron chi connectivity index (χ3n) is 2.51. The third kappa shape index (κ3) is 3.04. The minimum Gasteiger partial charge on any atom is -0.487 e. The largest absolute Gasteiger partial charge is 0.487 e. The predicted octanol–water partition coefficient (Wildman–Crippen LogP) is 2.68. The first-order chi connectivity index (χ1) is 8.27. The minimum atomic E-state index is -0.0325. The van der Waals surface area contributed by atoms with Crippen LogP contribution in [0.25, 0.3) is 0 Å². The standard InChI is InChI=1S/C14H16N2O/c1-11(15)13-7-2-3-8-14(13)17-10-12-6-4-5-9-16-12/h2-9,11H,10,15H2,1H3/t11-/m0/s1. The van der Waals surface area contributed by atoms with Crippen LogP contribution in [-0.4, -0.2) is 4.98 Å². The zero-order valence-corrected chi connectivity index (χ0v) is 9.84. The lowest BCUT2D eigenvalue weighted by Gasteiger charge is -2.13. The molecule has 0 saturated carbocycles. The van der Waals surface area contributed by atoms with Crippen molar-refractivity contribution in [1.29, 1.82) is 0 Å². The van der Waals surface area contributed by atoms with Crippen LogP contribution in [0.3, 0.4) is 0 Å². The van der Waals surface area contributed by atoms with Crippen molar-refractivity contribution in [2.24, 2.45) is 5.73 Å². The van der Waals surface area contributed by atoms with E-state index >= 15 is 0 Å². The van der Waals surface area contributed by atoms with E-state index in [-0.39, 0.29) is 6.04 Å². The SMILES string of the molecule is C[C@H](N)c1ccccc1OCc1ccccn1. The predicted molar refractivity (Wildman–Crippen MR) is 67.6 cm³/mol. The summed E-state index contributed by atoms with van der Waals surface area (Å²) in [6.07, 6.45) is 1.76. The molecule has 2 rings (SSSR count). The number of hydrogen-bond donors (Lipinski definition) is 1. The number of para-hydroxylation sites is 1. The molecule has 88 valence electrons. The first kappa shape index (κ1) is 11.6. The highest BCUT2D eigenvalue weighted by Gasteiger charge is 2.07. The highest BCUT2D eigenvalue weighted by molar-refractivity contribution is 5.35. The first-order valence-corrected chi connectivity index (χ1v) is 5.64. The Kier molecular flexibility index (Phi) is 3.73. The topological polar surface area (TPSA) is 48.1 Å². The zero-order chi connectivity index (χ0) is 12.1. The Morgan fingerprint density at radius 1 is 1.18 bits per heavy atom. The molecular formula is C14H16N2O. The number of pyridine rings is 1. The molecule has 0 saturated heterocycles. The van der Waals surface area contributed by atoms with E-state index in [1.165, 1.54) is 0 Å². The summed E-state index contributed by atoms with van der Waals surface area (Å²) >= 11 is 0. The van der Waals surface area contributed by atoms with Gasteiger partial charge in [-0.1, -0.05) is 24.3 Å². The monoisotopic (exact) mass is 228 g/mol. The third-order valence-corrected chi connectivity index (χ3v) is 2.51. The van der Waals surface area contributed by atoms with Crippen LogP contribution in [0.4, 0.5) is 0 Å². The highest BCUT2D eigenvalue weighted by atomic mass is 16.5. The van der Waals surface area contributed by atoms with Gasteiger partial charge in [0.05, 0.1) is 5.69 Å². The van der Waals surface area contributed by atoms with Crippen molar-refractivity contribution < 1.29 is 4.74 Å². The van der Waals surface area contributed by atoms with Crippen molar-refractivity contribution >= 4 is 0 Å². The summed E-state index contributed by atoms with van der Waals surface area (Å²) in [7, 11) is 0. The Bertz CT molecular complexity index is 469. The molecule has 0 amide bonds. The quantitative estimate of drug-likeness (QED) is 0.875. The van der Waals surface area contributed by atoms with E-state index in [1.807, 2.05) is 49.4 Å². The van der Waals surface area contributed by atoms with E-state index in [0.717, 1.165) is 17.0 Å². The number of aromatic nitrogens is 1. The van der Waals surface area contributed by atoms with Crippen LogP contribution in [0.2, 0.25) is 0 Å². The highest BCUT2D eigenvalue weighted by Crippen LogP contribution is 2.23. The van der Waals surface area contributed by atoms with E-state index in [0.29, 0.717) is 6.61 Å². The van der Waals surface area contributed by atoms with Gasteiger partial charge in [0, 0.05) is 17.8 Å². The molecule has 0 fully saturated rings. The zero-order valence-electron chi connectivity index (χ0n) is 9.84. The first-order valence-electron chi connectivity index (χ1n) is 5.64. The summed E-state index contributed by atoms with van der Waals surface area (Å²) in [6, 6.07) is 13.6. The van der Waals surface area contributed by atoms with Crippen molar-refractivity contribution in [2.75, 3.05) is 0 Å². The van der Waals surface area contributed by atoms with Crippen molar-refractivity contribution in [3.8, 4) is 5.75 Å². The fraction of sp³-hybridized carbons (Fsp3) is 0.214. The van der Waals surface area contributed by atoms with E-state index in [4.69, 9.17) is 10.5 Å². The number of nitrogens with two attached hydrogens (primary N) is 1. The van der Waals surface area contributed by atoms with Crippen LogP contribution in [0, 0.1) is 0 Å². The molecule has 17 heavy (non-hydrogen) atoms. The van der Waals surface area contributed by atoms with Gasteiger partial charge in [-0.2, -0.15) is 0 Å². The van der Waals surface area contributed by atoms with Gasteiger partial charge in [-0.05, 0) is 25.1 Å². The Labute approximate surface area is 101 Å². The molecule has 0 bridgehead atoms. The Morgan fingerprint density at radius 2 is 1.94 bits per heavy atom. The summed E-state index contributed by atoms with van der Waals surface area (Å²) in [6.45, 7) is 2.41. The molecule has 1 aromatic heterocycles. The summed E-state index contributed by atoms with van der Waals surface area (Å²) < 4.78 is 5.74. The minimum absolute atomic E-state index is 0.0325. The fourth-order valence-corrected chi connectivity index (χ4v) is 1.62. The van der Waals surface area contributed by atoms with Crippen molar-refractivity contribution in [1.82, 2.24) is 4.98 Å². The van der Waals surface area contributed by atoms with Crippen LogP contribution in [0.1, 0.15) is 24.2 Å². The van der Waals surface area contributed by atoms with Gasteiger partial charge in [0.1, 0.15) is 12.4 Å². The number of benzene rings is 1. The summed E-state index contributed by atoms with van der Waals surface area (Å²) in [5.41, 5.74) is 7.81. The number of nitrogens with zero attached hydrogens (tertiary/aromatic N) is 1. The molecule has 0 aliphatic rings. The van der Waals surface area contributed by atoms with Gasteiger partial charge in [-0.25, -0.2) is 0 Å². The average Bonchev–Trinajstić information content (AvgIpc) is 2.38. The molecule has 3 heteroatoms. The van der Waals surface area contributed by atoms with E-state index < -0.39 is 0 Å². The molecule has 1 atom stereocenters. The Balaban J connectivity index is 2.09. The van der Waals surface area contributed by atoms with Crippen molar-refractivity contribution in [3.63, 3.8) is 0 Å². The maximum atomic E-state index is 5.89. The van der Waals surface area contributed by atoms with E-state index in [1.54, 1.807) is 6.20 Å². The van der Waals surface area contributed by atoms with Gasteiger partial charge in [0.15, 0.2) is 0 Å². The second-order valence-corrected chi connectivity index (χ2v) is 3.94. The molecule has 1 aromatic carbocycles. The van der Waals surface area contributed by atoms with Crippen molar-refractivity contribution in [3.05, 3.63) is 59.9 Å². The molecule has 1 heterocycles. The number of hydrogen-bond acceptors (Lipinski definition) is 3. The lowest BCUT2D eigenvalue weighted by Crippen LogP contribution is -2.08. The Hall–Kier alpha value is -1.87. The normalized spacial score (nSPS) is 12.1. The van der Waals surface area contributed by atoms with E-state index in [2.05, 4.69) is 4.98 Å². The molecule has 2 aromatic rings. The average molecular weight is 228 g/mol. The lowest BCUT2D eigenvalue weighted by atomic mass is 10.1. The second-order valence-electron chi connectivity index (χ2n) is 3.94. The number of rotatable bonds is 4. The molecule has 0 aliphatic heterocycles. The van der Waals surface area contributed by atoms with Crippen LogP contribution in [-0.2, 0) is 6.61 Å². The number of ether oxygens (including phenoxy) is 1. The summed E-state index contributed by atoms with van der Waals surface area (Å²) in [4.78, 5) is 4.21. The van der Waals surface area contributed by atoms with Crippen LogP contribution in [0.15, 0.2) is 48.7 Å². The smallest absolute Gasteiger partial charge is 0.130 e. The summed E-state index contributed by atoms with van der Waals surface area (Å²) in [5, 5.41) is 0. The van der Waals surface area contributed by atoms with Gasteiger partial charge in [-0.15, -0.1) is 0 Å². The molecule has 2 N–H and O–H groups in total. The molecule has 0 aliphatic carbocycles. The van der Waals surface area contributed by atoms with Crippen LogP contribution >= 0.6 is 0 Å². The molecule has 0 spiro atoms. The van der Waals surface area contributed by atoms with Gasteiger partial charge >= 0.3 is 0 Å². The fourth-order valence-electron chi connectivity index (χ4n) is 1.62. The van der Waals surface area contributed by atoms with Crippen molar-refractivity contribution in [2.45, 2.75) is 19.6 Å². The van der Waals surface area contributed by atoms with E-state index in [9.17, 15) is 0 Å². The molecule has 3 nitrogen and oxygen atoms in total. The maximum absolute atomic E-state index is 5.89.